The molecule has 29 heavy (non-hydrogen) atoms. The minimum Gasteiger partial charge on any atom is -0.497 e. The van der Waals surface area contributed by atoms with Gasteiger partial charge in [-0.3, -0.25) is 9.80 Å². The van der Waals surface area contributed by atoms with Crippen molar-refractivity contribution < 1.29 is 9.47 Å². The van der Waals surface area contributed by atoms with E-state index in [0.717, 1.165) is 70.3 Å². The standard InChI is InChI=1S/C23H30N4O2/c1-28-21-6-4-5-20(17-21)18-26-11-9-25(10-12-26)13-15-29-16-14-27-19-24-22-7-2-3-8-23(22)27/h2-8,17,19H,9-16,18H2,1H3. The molecule has 0 saturated carbocycles. The summed E-state index contributed by atoms with van der Waals surface area (Å²) in [6.45, 7) is 8.71. The van der Waals surface area contributed by atoms with E-state index in [1.807, 2.05) is 24.5 Å². The second-order valence-corrected chi connectivity index (χ2v) is 7.51. The number of aromatic nitrogens is 2. The van der Waals surface area contributed by atoms with E-state index in [1.165, 1.54) is 11.1 Å². The van der Waals surface area contributed by atoms with Gasteiger partial charge < -0.3 is 14.0 Å². The van der Waals surface area contributed by atoms with Gasteiger partial charge in [-0.25, -0.2) is 4.98 Å². The molecule has 6 nitrogen and oxygen atoms in total. The Morgan fingerprint density at radius 3 is 2.55 bits per heavy atom. The molecule has 1 saturated heterocycles. The molecular formula is C23H30N4O2. The summed E-state index contributed by atoms with van der Waals surface area (Å²) in [4.78, 5) is 9.43. The van der Waals surface area contributed by atoms with E-state index in [1.54, 1.807) is 7.11 Å². The minimum absolute atomic E-state index is 0.718. The summed E-state index contributed by atoms with van der Waals surface area (Å²) >= 11 is 0. The molecule has 0 radical (unpaired) electrons. The van der Waals surface area contributed by atoms with Gasteiger partial charge in [0.1, 0.15) is 5.75 Å². The lowest BCUT2D eigenvalue weighted by Gasteiger charge is -2.34. The highest BCUT2D eigenvalue weighted by Crippen LogP contribution is 2.15. The molecule has 0 unspecified atom stereocenters. The van der Waals surface area contributed by atoms with Crippen LogP contribution < -0.4 is 4.74 Å². The predicted molar refractivity (Wildman–Crippen MR) is 115 cm³/mol. The molecule has 3 aromatic rings. The van der Waals surface area contributed by atoms with E-state index < -0.39 is 0 Å². The Bertz CT molecular complexity index is 903. The average molecular weight is 395 g/mol. The number of nitrogens with zero attached hydrogens (tertiary/aromatic N) is 4. The van der Waals surface area contributed by atoms with E-state index >= 15 is 0 Å². The molecule has 6 heteroatoms. The summed E-state index contributed by atoms with van der Waals surface area (Å²) in [6.07, 6.45) is 1.90. The van der Waals surface area contributed by atoms with Gasteiger partial charge in [-0.1, -0.05) is 24.3 Å². The van der Waals surface area contributed by atoms with Crippen LogP contribution in [0, 0.1) is 0 Å². The molecule has 0 atom stereocenters. The van der Waals surface area contributed by atoms with Crippen LogP contribution in [0.1, 0.15) is 5.56 Å². The first-order valence-corrected chi connectivity index (χ1v) is 10.4. The van der Waals surface area contributed by atoms with Crippen LogP contribution in [0.5, 0.6) is 5.75 Å². The van der Waals surface area contributed by atoms with Crippen LogP contribution in [0.25, 0.3) is 11.0 Å². The highest BCUT2D eigenvalue weighted by Gasteiger charge is 2.16. The summed E-state index contributed by atoms with van der Waals surface area (Å²) < 4.78 is 13.4. The first kappa shape index (κ1) is 19.9. The van der Waals surface area contributed by atoms with Crippen LogP contribution in [0.4, 0.5) is 0 Å². The Labute approximate surface area is 172 Å². The van der Waals surface area contributed by atoms with Gasteiger partial charge in [-0.15, -0.1) is 0 Å². The number of ether oxygens (including phenoxy) is 2. The molecule has 0 bridgehead atoms. The lowest BCUT2D eigenvalue weighted by molar-refractivity contribution is 0.0707. The highest BCUT2D eigenvalue weighted by atomic mass is 16.5. The Hall–Kier alpha value is -2.41. The second kappa shape index (κ2) is 9.87. The van der Waals surface area contributed by atoms with E-state index in [9.17, 15) is 0 Å². The van der Waals surface area contributed by atoms with Gasteiger partial charge >= 0.3 is 0 Å². The molecular weight excluding hydrogens is 364 g/mol. The van der Waals surface area contributed by atoms with Crippen LogP contribution in [0.3, 0.4) is 0 Å². The molecule has 1 aromatic heterocycles. The van der Waals surface area contributed by atoms with Crippen molar-refractivity contribution in [2.24, 2.45) is 0 Å². The van der Waals surface area contributed by atoms with Crippen molar-refractivity contribution >= 4 is 11.0 Å². The van der Waals surface area contributed by atoms with Crippen molar-refractivity contribution in [3.05, 3.63) is 60.4 Å². The van der Waals surface area contributed by atoms with Crippen LogP contribution in [0.2, 0.25) is 0 Å². The van der Waals surface area contributed by atoms with Crippen molar-refractivity contribution in [2.75, 3.05) is 53.0 Å². The molecule has 2 heterocycles. The molecule has 0 amide bonds. The maximum atomic E-state index is 5.89. The Morgan fingerprint density at radius 1 is 0.897 bits per heavy atom. The maximum absolute atomic E-state index is 5.89. The summed E-state index contributed by atoms with van der Waals surface area (Å²) in [5.74, 6) is 0.932. The Kier molecular flexibility index (Phi) is 6.77. The summed E-state index contributed by atoms with van der Waals surface area (Å²) in [6, 6.07) is 16.6. The van der Waals surface area contributed by atoms with Crippen molar-refractivity contribution in [1.82, 2.24) is 19.4 Å². The van der Waals surface area contributed by atoms with Gasteiger partial charge in [0, 0.05) is 45.8 Å². The molecule has 154 valence electrons. The van der Waals surface area contributed by atoms with E-state index in [0.29, 0.717) is 0 Å². The third-order valence-corrected chi connectivity index (χ3v) is 5.56. The SMILES string of the molecule is COc1cccc(CN2CCN(CCOCCn3cnc4ccccc43)CC2)c1. The summed E-state index contributed by atoms with van der Waals surface area (Å²) in [5.41, 5.74) is 3.52. The van der Waals surface area contributed by atoms with Crippen LogP contribution in [0.15, 0.2) is 54.9 Å². The number of benzene rings is 2. The fraction of sp³-hybridized carbons (Fsp3) is 0.435. The number of imidazole rings is 1. The highest BCUT2D eigenvalue weighted by molar-refractivity contribution is 5.74. The third-order valence-electron chi connectivity index (χ3n) is 5.56. The van der Waals surface area contributed by atoms with Crippen molar-refractivity contribution in [2.45, 2.75) is 13.1 Å². The van der Waals surface area contributed by atoms with E-state index in [-0.39, 0.29) is 0 Å². The Balaban J connectivity index is 1.12. The van der Waals surface area contributed by atoms with E-state index in [4.69, 9.17) is 9.47 Å². The number of fused-ring (bicyclic) bond motifs is 1. The van der Waals surface area contributed by atoms with Gasteiger partial charge in [0.2, 0.25) is 0 Å². The molecule has 1 aliphatic heterocycles. The number of rotatable bonds is 9. The summed E-state index contributed by atoms with van der Waals surface area (Å²) in [5, 5.41) is 0. The zero-order valence-corrected chi connectivity index (χ0v) is 17.2. The number of methoxy groups -OCH3 is 1. The first-order valence-electron chi connectivity index (χ1n) is 10.4. The average Bonchev–Trinajstić information content (AvgIpc) is 3.18. The predicted octanol–water partition coefficient (Wildman–Crippen LogP) is 2.88. The third kappa shape index (κ3) is 5.35. The fourth-order valence-corrected chi connectivity index (χ4v) is 3.85. The fourth-order valence-electron chi connectivity index (χ4n) is 3.85. The molecule has 0 spiro atoms. The maximum Gasteiger partial charge on any atom is 0.119 e. The molecule has 0 N–H and O–H groups in total. The number of piperazine rings is 1. The first-order chi connectivity index (χ1) is 14.3. The van der Waals surface area contributed by atoms with Crippen molar-refractivity contribution in [1.29, 1.82) is 0 Å². The largest absolute Gasteiger partial charge is 0.497 e. The monoisotopic (exact) mass is 394 g/mol. The van der Waals surface area contributed by atoms with Gasteiger partial charge in [0.15, 0.2) is 0 Å². The molecule has 1 aliphatic rings. The van der Waals surface area contributed by atoms with Gasteiger partial charge in [0.05, 0.1) is 37.7 Å². The van der Waals surface area contributed by atoms with Crippen LogP contribution >= 0.6 is 0 Å². The number of hydrogen-bond acceptors (Lipinski definition) is 5. The minimum atomic E-state index is 0.718. The van der Waals surface area contributed by atoms with Gasteiger partial charge in [-0.05, 0) is 29.8 Å². The topological polar surface area (TPSA) is 42.8 Å². The van der Waals surface area contributed by atoms with Gasteiger partial charge in [0.25, 0.3) is 0 Å². The Morgan fingerprint density at radius 2 is 1.69 bits per heavy atom. The number of hydrogen-bond donors (Lipinski definition) is 0. The number of para-hydroxylation sites is 2. The molecule has 1 fully saturated rings. The van der Waals surface area contributed by atoms with Crippen molar-refractivity contribution in [3.8, 4) is 5.75 Å². The van der Waals surface area contributed by atoms with Gasteiger partial charge in [-0.2, -0.15) is 0 Å². The van der Waals surface area contributed by atoms with Crippen LogP contribution in [-0.4, -0.2) is 72.4 Å². The lowest BCUT2D eigenvalue weighted by Crippen LogP contribution is -2.46. The molecule has 2 aromatic carbocycles. The van der Waals surface area contributed by atoms with E-state index in [2.05, 4.69) is 49.7 Å². The normalized spacial score (nSPS) is 15.8. The zero-order chi connectivity index (χ0) is 19.9. The quantitative estimate of drug-likeness (QED) is 0.522. The van der Waals surface area contributed by atoms with Crippen LogP contribution in [-0.2, 0) is 17.8 Å². The lowest BCUT2D eigenvalue weighted by atomic mass is 10.2. The summed E-state index contributed by atoms with van der Waals surface area (Å²) in [7, 11) is 1.72. The molecule has 4 rings (SSSR count). The zero-order valence-electron chi connectivity index (χ0n) is 17.2. The smallest absolute Gasteiger partial charge is 0.119 e. The second-order valence-electron chi connectivity index (χ2n) is 7.51. The van der Waals surface area contributed by atoms with Crippen molar-refractivity contribution in [3.63, 3.8) is 0 Å². The molecule has 0 aliphatic carbocycles.